The Kier molecular flexibility index (Phi) is 3.48. The van der Waals surface area contributed by atoms with Gasteiger partial charge in [0.15, 0.2) is 5.11 Å². The summed E-state index contributed by atoms with van der Waals surface area (Å²) in [5.41, 5.74) is 9.13. The van der Waals surface area contributed by atoms with E-state index >= 15 is 0 Å². The number of hydrazone groups is 1. The Hall–Kier alpha value is -2.20. The highest BCUT2D eigenvalue weighted by atomic mass is 32.1. The molecular weight excluding hydrogens is 266 g/mol. The molecule has 4 heteroatoms. The lowest BCUT2D eigenvalue weighted by Crippen LogP contribution is -2.31. The van der Waals surface area contributed by atoms with Crippen LogP contribution in [0, 0.1) is 0 Å². The van der Waals surface area contributed by atoms with Crippen molar-refractivity contribution in [3.8, 4) is 0 Å². The van der Waals surface area contributed by atoms with Crippen LogP contribution in [0.2, 0.25) is 0 Å². The van der Waals surface area contributed by atoms with Crippen LogP contribution in [0.3, 0.4) is 0 Å². The van der Waals surface area contributed by atoms with E-state index in [-0.39, 0.29) is 6.04 Å². The van der Waals surface area contributed by atoms with Crippen LogP contribution < -0.4 is 5.73 Å². The second kappa shape index (κ2) is 5.43. The Morgan fingerprint density at radius 3 is 2.25 bits per heavy atom. The molecule has 1 aliphatic rings. The molecule has 1 atom stereocenters. The highest BCUT2D eigenvalue weighted by Gasteiger charge is 2.30. The molecule has 2 N–H and O–H groups in total. The van der Waals surface area contributed by atoms with Crippen molar-refractivity contribution in [2.45, 2.75) is 12.5 Å². The van der Waals surface area contributed by atoms with Crippen LogP contribution in [0.25, 0.3) is 0 Å². The van der Waals surface area contributed by atoms with Crippen molar-refractivity contribution in [2.24, 2.45) is 10.8 Å². The highest BCUT2D eigenvalue weighted by Crippen LogP contribution is 2.32. The molecule has 3 rings (SSSR count). The zero-order valence-corrected chi connectivity index (χ0v) is 11.8. The summed E-state index contributed by atoms with van der Waals surface area (Å²) in [6.45, 7) is 0. The maximum atomic E-state index is 5.82. The molecule has 2 aromatic rings. The number of thiocarbonyl (C=S) groups is 1. The first-order valence-corrected chi connectivity index (χ1v) is 6.93. The smallest absolute Gasteiger partial charge is 0.187 e. The third kappa shape index (κ3) is 2.42. The summed E-state index contributed by atoms with van der Waals surface area (Å²) in [5.74, 6) is 0. The molecule has 100 valence electrons. The molecule has 0 aliphatic carbocycles. The molecule has 2 aromatic carbocycles. The zero-order valence-electron chi connectivity index (χ0n) is 10.9. The fourth-order valence-corrected chi connectivity index (χ4v) is 2.62. The number of benzene rings is 2. The minimum atomic E-state index is 0.0870. The number of hydrogen-bond donors (Lipinski definition) is 1. The van der Waals surface area contributed by atoms with E-state index in [1.807, 2.05) is 36.4 Å². The summed E-state index contributed by atoms with van der Waals surface area (Å²) >= 11 is 5.13. The second-order valence-electron chi connectivity index (χ2n) is 4.73. The molecule has 0 aromatic heterocycles. The van der Waals surface area contributed by atoms with Gasteiger partial charge < -0.3 is 5.73 Å². The van der Waals surface area contributed by atoms with Crippen molar-refractivity contribution < 1.29 is 0 Å². The van der Waals surface area contributed by atoms with Gasteiger partial charge in [-0.2, -0.15) is 5.10 Å². The lowest BCUT2D eigenvalue weighted by Gasteiger charge is -2.21. The van der Waals surface area contributed by atoms with Crippen molar-refractivity contribution >= 4 is 23.0 Å². The van der Waals surface area contributed by atoms with Gasteiger partial charge >= 0.3 is 0 Å². The van der Waals surface area contributed by atoms with E-state index in [1.165, 1.54) is 5.56 Å². The van der Waals surface area contributed by atoms with Crippen LogP contribution in [0.4, 0.5) is 0 Å². The zero-order chi connectivity index (χ0) is 13.9. The fourth-order valence-electron chi connectivity index (χ4n) is 2.45. The van der Waals surface area contributed by atoms with Crippen LogP contribution in [-0.2, 0) is 0 Å². The SMILES string of the molecule is NC(=S)N1N=C(c2ccccc2)C[C@@H]1c1ccccc1. The molecule has 1 heterocycles. The first-order chi connectivity index (χ1) is 9.75. The molecule has 1 aliphatic heterocycles. The van der Waals surface area contributed by atoms with E-state index in [9.17, 15) is 0 Å². The second-order valence-corrected chi connectivity index (χ2v) is 5.14. The molecule has 0 saturated carbocycles. The third-order valence-corrected chi connectivity index (χ3v) is 3.61. The van der Waals surface area contributed by atoms with Crippen LogP contribution in [0.5, 0.6) is 0 Å². The van der Waals surface area contributed by atoms with Crippen LogP contribution in [-0.4, -0.2) is 15.8 Å². The topological polar surface area (TPSA) is 41.6 Å². The molecule has 0 amide bonds. The van der Waals surface area contributed by atoms with Gasteiger partial charge in [-0.05, 0) is 23.3 Å². The number of rotatable bonds is 2. The number of nitrogens with zero attached hydrogens (tertiary/aromatic N) is 2. The standard InChI is InChI=1S/C16H15N3S/c17-16(20)19-15(13-9-5-2-6-10-13)11-14(18-19)12-7-3-1-4-8-12/h1-10,15H,11H2,(H2,17,20)/t15-/m1/s1. The van der Waals surface area contributed by atoms with Gasteiger partial charge in [0.2, 0.25) is 0 Å². The molecule has 0 fully saturated rings. The van der Waals surface area contributed by atoms with E-state index in [2.05, 4.69) is 29.4 Å². The van der Waals surface area contributed by atoms with E-state index in [1.54, 1.807) is 5.01 Å². The minimum Gasteiger partial charge on any atom is -0.375 e. The van der Waals surface area contributed by atoms with E-state index in [0.717, 1.165) is 17.7 Å². The average Bonchev–Trinajstić information content (AvgIpc) is 2.94. The largest absolute Gasteiger partial charge is 0.375 e. The average molecular weight is 281 g/mol. The monoisotopic (exact) mass is 281 g/mol. The van der Waals surface area contributed by atoms with Crippen molar-refractivity contribution in [3.63, 3.8) is 0 Å². The Morgan fingerprint density at radius 2 is 1.65 bits per heavy atom. The van der Waals surface area contributed by atoms with Crippen molar-refractivity contribution in [3.05, 3.63) is 71.8 Å². The molecule has 20 heavy (non-hydrogen) atoms. The van der Waals surface area contributed by atoms with Crippen molar-refractivity contribution in [2.75, 3.05) is 0 Å². The van der Waals surface area contributed by atoms with Crippen LogP contribution >= 0.6 is 12.2 Å². The van der Waals surface area contributed by atoms with Crippen LogP contribution in [0.1, 0.15) is 23.6 Å². The molecular formula is C16H15N3S. The predicted octanol–water partition coefficient (Wildman–Crippen LogP) is 3.08. The number of nitrogens with two attached hydrogens (primary N) is 1. The lowest BCUT2D eigenvalue weighted by atomic mass is 9.99. The van der Waals surface area contributed by atoms with Gasteiger partial charge in [-0.3, -0.25) is 0 Å². The summed E-state index contributed by atoms with van der Waals surface area (Å²) in [6.07, 6.45) is 0.811. The maximum Gasteiger partial charge on any atom is 0.187 e. The van der Waals surface area contributed by atoms with Crippen molar-refractivity contribution in [1.29, 1.82) is 0 Å². The van der Waals surface area contributed by atoms with Gasteiger partial charge in [0.25, 0.3) is 0 Å². The molecule has 0 bridgehead atoms. The first kappa shape index (κ1) is 12.8. The summed E-state index contributed by atoms with van der Waals surface area (Å²) in [6, 6.07) is 20.4. The Morgan fingerprint density at radius 1 is 1.05 bits per heavy atom. The molecule has 0 saturated heterocycles. The lowest BCUT2D eigenvalue weighted by molar-refractivity contribution is 0.373. The van der Waals surface area contributed by atoms with Gasteiger partial charge in [0.1, 0.15) is 0 Å². The predicted molar refractivity (Wildman–Crippen MR) is 85.4 cm³/mol. The summed E-state index contributed by atoms with van der Waals surface area (Å²) < 4.78 is 0. The quantitative estimate of drug-likeness (QED) is 0.860. The summed E-state index contributed by atoms with van der Waals surface area (Å²) in [7, 11) is 0. The fraction of sp³-hybridized carbons (Fsp3) is 0.125. The summed E-state index contributed by atoms with van der Waals surface area (Å²) in [5, 5.41) is 6.65. The van der Waals surface area contributed by atoms with Gasteiger partial charge in [-0.1, -0.05) is 60.7 Å². The Bertz CT molecular complexity index is 637. The van der Waals surface area contributed by atoms with Crippen LogP contribution in [0.15, 0.2) is 65.8 Å². The molecule has 0 spiro atoms. The Labute approximate surface area is 123 Å². The third-order valence-electron chi connectivity index (χ3n) is 3.43. The number of hydrogen-bond acceptors (Lipinski definition) is 2. The van der Waals surface area contributed by atoms with Gasteiger partial charge in [0, 0.05) is 6.42 Å². The van der Waals surface area contributed by atoms with E-state index in [4.69, 9.17) is 18.0 Å². The van der Waals surface area contributed by atoms with Gasteiger partial charge in [-0.25, -0.2) is 5.01 Å². The van der Waals surface area contributed by atoms with E-state index in [0.29, 0.717) is 5.11 Å². The maximum absolute atomic E-state index is 5.82. The first-order valence-electron chi connectivity index (χ1n) is 6.52. The minimum absolute atomic E-state index is 0.0870. The molecule has 0 radical (unpaired) electrons. The van der Waals surface area contributed by atoms with Gasteiger partial charge in [-0.15, -0.1) is 0 Å². The van der Waals surface area contributed by atoms with Crippen molar-refractivity contribution in [1.82, 2.24) is 5.01 Å². The highest BCUT2D eigenvalue weighted by molar-refractivity contribution is 7.80. The molecule has 0 unspecified atom stereocenters. The Balaban J connectivity index is 1.94. The van der Waals surface area contributed by atoms with Gasteiger partial charge in [0.05, 0.1) is 11.8 Å². The summed E-state index contributed by atoms with van der Waals surface area (Å²) in [4.78, 5) is 0. The normalized spacial score (nSPS) is 17.9. The van der Waals surface area contributed by atoms with E-state index < -0.39 is 0 Å². The molecule has 3 nitrogen and oxygen atoms in total.